The summed E-state index contributed by atoms with van der Waals surface area (Å²) in [5.41, 5.74) is 1.88. The van der Waals surface area contributed by atoms with Gasteiger partial charge < -0.3 is 19.3 Å². The number of methoxy groups -OCH3 is 2. The third kappa shape index (κ3) is 6.73. The second-order valence-corrected chi connectivity index (χ2v) is 12.6. The van der Waals surface area contributed by atoms with Crippen LogP contribution >= 0.6 is 23.1 Å². The van der Waals surface area contributed by atoms with Gasteiger partial charge in [-0.2, -0.15) is 0 Å². The fraction of sp³-hybridized carbons (Fsp3) is 0.143. The highest BCUT2D eigenvalue weighted by molar-refractivity contribution is 8.00. The number of hydrogen-bond donors (Lipinski definition) is 1. The van der Waals surface area contributed by atoms with Gasteiger partial charge in [0.15, 0.2) is 27.4 Å². The van der Waals surface area contributed by atoms with Gasteiger partial charge in [0, 0.05) is 11.3 Å². The Morgan fingerprint density at radius 2 is 1.60 bits per heavy atom. The van der Waals surface area contributed by atoms with Crippen LogP contribution in [0.1, 0.15) is 28.3 Å². The molecule has 0 spiro atoms. The number of anilines is 1. The van der Waals surface area contributed by atoms with Gasteiger partial charge in [0.25, 0.3) is 5.78 Å². The minimum absolute atomic E-state index is 0.0288. The number of aliphatic hydroxyl groups excluding tert-OH is 1. The molecule has 0 aliphatic carbocycles. The van der Waals surface area contributed by atoms with Gasteiger partial charge in [-0.3, -0.25) is 14.5 Å². The van der Waals surface area contributed by atoms with Gasteiger partial charge in [-0.15, -0.1) is 10.2 Å². The fourth-order valence-electron chi connectivity index (χ4n) is 5.11. The van der Waals surface area contributed by atoms with Crippen LogP contribution in [-0.2, 0) is 21.9 Å². The zero-order chi connectivity index (χ0) is 33.8. The van der Waals surface area contributed by atoms with Crippen LogP contribution in [0.25, 0.3) is 5.76 Å². The first-order valence-corrected chi connectivity index (χ1v) is 16.3. The summed E-state index contributed by atoms with van der Waals surface area (Å²) in [5, 5.41) is 20.0. The number of thioether (sulfide) groups is 1. The van der Waals surface area contributed by atoms with E-state index in [2.05, 4.69) is 10.2 Å². The van der Waals surface area contributed by atoms with E-state index in [1.165, 1.54) is 50.2 Å². The standard InChI is InChI=1S/C35H27F2N3O6S2/c1-44-26-14-11-23(16-25(26)37)31(41)29-30(22-10-15-27(28(17-22)45-2)46-18-20-6-4-3-5-7-20)40(33(43)32(29)42)34-38-39-35(48-34)47-19-21-8-12-24(36)13-9-21/h3-17,30,41H,18-19H2,1-2H3/t30-/m1/s1. The molecule has 6 rings (SSSR count). The number of aliphatic hydroxyl groups is 1. The summed E-state index contributed by atoms with van der Waals surface area (Å²) in [6.07, 6.45) is 0. The van der Waals surface area contributed by atoms with E-state index in [-0.39, 0.29) is 34.4 Å². The Balaban J connectivity index is 1.39. The van der Waals surface area contributed by atoms with E-state index < -0.39 is 29.3 Å². The largest absolute Gasteiger partial charge is 0.507 e. The second kappa shape index (κ2) is 14.2. The smallest absolute Gasteiger partial charge is 0.301 e. The molecule has 0 saturated carbocycles. The van der Waals surface area contributed by atoms with E-state index in [0.717, 1.165) is 33.4 Å². The molecule has 48 heavy (non-hydrogen) atoms. The predicted octanol–water partition coefficient (Wildman–Crippen LogP) is 7.33. The molecule has 13 heteroatoms. The van der Waals surface area contributed by atoms with E-state index in [0.29, 0.717) is 27.2 Å². The lowest BCUT2D eigenvalue weighted by Crippen LogP contribution is -2.29. The van der Waals surface area contributed by atoms with Crippen LogP contribution in [0.3, 0.4) is 0 Å². The van der Waals surface area contributed by atoms with Gasteiger partial charge in [0.2, 0.25) is 5.13 Å². The third-order valence-corrected chi connectivity index (χ3v) is 9.61. The van der Waals surface area contributed by atoms with Crippen LogP contribution in [0.4, 0.5) is 13.9 Å². The molecule has 9 nitrogen and oxygen atoms in total. The first-order valence-electron chi connectivity index (χ1n) is 14.5. The number of nitrogens with zero attached hydrogens (tertiary/aromatic N) is 3. The quantitative estimate of drug-likeness (QED) is 0.0502. The Hall–Kier alpha value is -5.27. The first kappa shape index (κ1) is 32.7. The predicted molar refractivity (Wildman–Crippen MR) is 177 cm³/mol. The molecule has 1 atom stereocenters. The van der Waals surface area contributed by atoms with Crippen molar-refractivity contribution in [3.63, 3.8) is 0 Å². The molecule has 0 radical (unpaired) electrons. The maximum absolute atomic E-state index is 14.7. The highest BCUT2D eigenvalue weighted by Crippen LogP contribution is 2.46. The van der Waals surface area contributed by atoms with Crippen LogP contribution < -0.4 is 19.1 Å². The van der Waals surface area contributed by atoms with Crippen LogP contribution in [0.2, 0.25) is 0 Å². The van der Waals surface area contributed by atoms with Crippen LogP contribution in [0, 0.1) is 11.6 Å². The van der Waals surface area contributed by atoms with Crippen LogP contribution in [0.15, 0.2) is 101 Å². The Morgan fingerprint density at radius 1 is 0.875 bits per heavy atom. The lowest BCUT2D eigenvalue weighted by atomic mass is 9.95. The molecular weight excluding hydrogens is 661 g/mol. The minimum Gasteiger partial charge on any atom is -0.507 e. The summed E-state index contributed by atoms with van der Waals surface area (Å²) in [6, 6.07) is 23.0. The van der Waals surface area contributed by atoms with Crippen LogP contribution in [0.5, 0.6) is 17.2 Å². The Morgan fingerprint density at radius 3 is 2.31 bits per heavy atom. The molecule has 0 bridgehead atoms. The first-order chi connectivity index (χ1) is 23.3. The molecule has 5 aromatic rings. The van der Waals surface area contributed by atoms with Crippen molar-refractivity contribution in [2.75, 3.05) is 19.1 Å². The molecule has 1 fully saturated rings. The molecule has 0 unspecified atom stereocenters. The number of Topliss-reactive ketones (excluding diaryl/α,β-unsaturated/α-hetero) is 1. The lowest BCUT2D eigenvalue weighted by molar-refractivity contribution is -0.132. The lowest BCUT2D eigenvalue weighted by Gasteiger charge is -2.23. The number of ketones is 1. The van der Waals surface area contributed by atoms with Gasteiger partial charge in [0.1, 0.15) is 18.2 Å². The van der Waals surface area contributed by atoms with E-state index in [1.54, 1.807) is 30.3 Å². The van der Waals surface area contributed by atoms with E-state index in [1.807, 2.05) is 30.3 Å². The third-order valence-electron chi connectivity index (χ3n) is 7.49. The highest BCUT2D eigenvalue weighted by Gasteiger charge is 2.48. The van der Waals surface area contributed by atoms with Crippen molar-refractivity contribution < 1.29 is 37.7 Å². The summed E-state index contributed by atoms with van der Waals surface area (Å²) in [4.78, 5) is 28.5. The maximum Gasteiger partial charge on any atom is 0.301 e. The van der Waals surface area contributed by atoms with Gasteiger partial charge in [-0.1, -0.05) is 71.6 Å². The monoisotopic (exact) mass is 687 g/mol. The summed E-state index contributed by atoms with van der Waals surface area (Å²) in [7, 11) is 2.76. The van der Waals surface area contributed by atoms with Gasteiger partial charge in [-0.05, 0) is 59.2 Å². The Bertz CT molecular complexity index is 2000. The normalized spacial score (nSPS) is 15.5. The number of amides is 1. The number of hydrogen-bond acceptors (Lipinski definition) is 10. The van der Waals surface area contributed by atoms with Crippen molar-refractivity contribution >= 4 is 45.7 Å². The van der Waals surface area contributed by atoms with Crippen molar-refractivity contribution in [3.05, 3.63) is 130 Å². The minimum atomic E-state index is -1.19. The SMILES string of the molecule is COc1ccc(C(O)=C2C(=O)C(=O)N(c3nnc(SCc4ccc(F)cc4)s3)[C@@H]2c2ccc(OCc3ccccc3)c(OC)c2)cc1F. The number of ether oxygens (including phenoxy) is 3. The zero-order valence-electron chi connectivity index (χ0n) is 25.6. The van der Waals surface area contributed by atoms with Gasteiger partial charge in [-0.25, -0.2) is 8.78 Å². The summed E-state index contributed by atoms with van der Waals surface area (Å²) >= 11 is 2.40. The molecule has 2 heterocycles. The van der Waals surface area contributed by atoms with Crippen molar-refractivity contribution in [2.45, 2.75) is 22.7 Å². The fourth-order valence-corrected chi connectivity index (χ4v) is 6.93. The molecule has 1 aromatic heterocycles. The molecule has 1 saturated heterocycles. The van der Waals surface area contributed by atoms with E-state index in [9.17, 15) is 23.5 Å². The van der Waals surface area contributed by atoms with E-state index >= 15 is 0 Å². The summed E-state index contributed by atoms with van der Waals surface area (Å²) in [6.45, 7) is 0.265. The number of benzene rings is 4. The number of carbonyl (C=O) groups excluding carboxylic acids is 2. The van der Waals surface area contributed by atoms with Gasteiger partial charge in [0.05, 0.1) is 25.8 Å². The highest BCUT2D eigenvalue weighted by atomic mass is 32.2. The van der Waals surface area contributed by atoms with Crippen molar-refractivity contribution in [1.82, 2.24) is 10.2 Å². The number of rotatable bonds is 11. The number of halogens is 2. The summed E-state index contributed by atoms with van der Waals surface area (Å²) < 4.78 is 45.2. The van der Waals surface area contributed by atoms with E-state index in [4.69, 9.17) is 14.2 Å². The average molecular weight is 688 g/mol. The Labute approximate surface area is 282 Å². The second-order valence-electron chi connectivity index (χ2n) is 10.5. The van der Waals surface area contributed by atoms with Gasteiger partial charge >= 0.3 is 5.91 Å². The topological polar surface area (TPSA) is 111 Å². The molecule has 244 valence electrons. The van der Waals surface area contributed by atoms with Crippen molar-refractivity contribution in [3.8, 4) is 17.2 Å². The average Bonchev–Trinajstić information content (AvgIpc) is 3.68. The van der Waals surface area contributed by atoms with Crippen LogP contribution in [-0.4, -0.2) is 41.2 Å². The molecule has 1 aliphatic rings. The molecule has 1 N–H and O–H groups in total. The molecule has 1 amide bonds. The molecular formula is C35H27F2N3O6S2. The Kier molecular flexibility index (Phi) is 9.69. The van der Waals surface area contributed by atoms with Crippen molar-refractivity contribution in [2.24, 2.45) is 0 Å². The summed E-state index contributed by atoms with van der Waals surface area (Å²) in [5.74, 6) is -2.50. The maximum atomic E-state index is 14.7. The molecule has 4 aromatic carbocycles. The van der Waals surface area contributed by atoms with Crippen molar-refractivity contribution in [1.29, 1.82) is 0 Å². The number of carbonyl (C=O) groups is 2. The number of aromatic nitrogens is 2. The molecule has 1 aliphatic heterocycles. The zero-order valence-corrected chi connectivity index (χ0v) is 27.2.